The highest BCUT2D eigenvalue weighted by Crippen LogP contribution is 2.07. The number of nitrogens with zero attached hydrogens (tertiary/aromatic N) is 2. The highest BCUT2D eigenvalue weighted by Gasteiger charge is 2.17. The Kier molecular flexibility index (Phi) is 7.38. The number of hydrogen-bond acceptors (Lipinski definition) is 4. The van der Waals surface area contributed by atoms with Gasteiger partial charge in [-0.2, -0.15) is 0 Å². The van der Waals surface area contributed by atoms with Crippen molar-refractivity contribution in [2.24, 2.45) is 0 Å². The van der Waals surface area contributed by atoms with E-state index < -0.39 is 5.60 Å². The standard InChI is InChI=1S/C16H30N4O2/c1-6-10-20-11-9-18-14(20)12-17-8-7-13(2)19-15(21)22-16(3,4)5/h9,11,13,17H,6-8,10,12H2,1-5H3,(H,19,21). The van der Waals surface area contributed by atoms with E-state index in [4.69, 9.17) is 4.74 Å². The Bertz CT molecular complexity index is 451. The molecular formula is C16H30N4O2. The molecule has 1 aromatic rings. The molecule has 6 heteroatoms. The van der Waals surface area contributed by atoms with Crippen molar-refractivity contribution < 1.29 is 9.53 Å². The second kappa shape index (κ2) is 8.78. The van der Waals surface area contributed by atoms with E-state index in [0.717, 1.165) is 38.3 Å². The number of aryl methyl sites for hydroxylation is 1. The Hall–Kier alpha value is -1.56. The van der Waals surface area contributed by atoms with E-state index in [-0.39, 0.29) is 12.1 Å². The van der Waals surface area contributed by atoms with Crippen LogP contribution in [0.4, 0.5) is 4.79 Å². The lowest BCUT2D eigenvalue weighted by molar-refractivity contribution is 0.0506. The minimum Gasteiger partial charge on any atom is -0.444 e. The van der Waals surface area contributed by atoms with Crippen LogP contribution < -0.4 is 10.6 Å². The van der Waals surface area contributed by atoms with Crippen molar-refractivity contribution in [1.82, 2.24) is 20.2 Å². The number of carbonyl (C=O) groups is 1. The summed E-state index contributed by atoms with van der Waals surface area (Å²) >= 11 is 0. The average Bonchev–Trinajstić information content (AvgIpc) is 2.80. The van der Waals surface area contributed by atoms with Crippen LogP contribution >= 0.6 is 0 Å². The number of rotatable bonds is 8. The summed E-state index contributed by atoms with van der Waals surface area (Å²) in [4.78, 5) is 16.0. The first-order valence-corrected chi connectivity index (χ1v) is 8.02. The Labute approximate surface area is 133 Å². The molecule has 0 spiro atoms. The normalized spacial score (nSPS) is 13.0. The fourth-order valence-electron chi connectivity index (χ4n) is 2.05. The summed E-state index contributed by atoms with van der Waals surface area (Å²) < 4.78 is 7.39. The smallest absolute Gasteiger partial charge is 0.407 e. The second-order valence-corrected chi connectivity index (χ2v) is 6.55. The third-order valence-electron chi connectivity index (χ3n) is 3.07. The molecule has 0 radical (unpaired) electrons. The number of aromatic nitrogens is 2. The van der Waals surface area contributed by atoms with Gasteiger partial charge in [-0.25, -0.2) is 9.78 Å². The monoisotopic (exact) mass is 310 g/mol. The third-order valence-corrected chi connectivity index (χ3v) is 3.07. The number of ether oxygens (including phenoxy) is 1. The summed E-state index contributed by atoms with van der Waals surface area (Å²) in [5.41, 5.74) is -0.460. The van der Waals surface area contributed by atoms with Crippen molar-refractivity contribution in [2.45, 2.75) is 72.2 Å². The highest BCUT2D eigenvalue weighted by molar-refractivity contribution is 5.67. The zero-order chi connectivity index (χ0) is 16.6. The van der Waals surface area contributed by atoms with Gasteiger partial charge in [0.05, 0.1) is 6.54 Å². The molecule has 126 valence electrons. The minimum absolute atomic E-state index is 0.0673. The number of carbonyl (C=O) groups excluding carboxylic acids is 1. The molecule has 0 fully saturated rings. The zero-order valence-electron chi connectivity index (χ0n) is 14.5. The van der Waals surface area contributed by atoms with Gasteiger partial charge in [-0.15, -0.1) is 0 Å². The molecule has 0 bridgehead atoms. The first-order valence-electron chi connectivity index (χ1n) is 8.02. The van der Waals surface area contributed by atoms with E-state index in [1.54, 1.807) is 0 Å². The van der Waals surface area contributed by atoms with Crippen LogP contribution in [-0.4, -0.2) is 33.8 Å². The molecule has 0 aliphatic rings. The summed E-state index contributed by atoms with van der Waals surface area (Å²) in [6, 6.07) is 0.0673. The molecule has 0 aliphatic carbocycles. The second-order valence-electron chi connectivity index (χ2n) is 6.55. The van der Waals surface area contributed by atoms with Gasteiger partial charge in [0.25, 0.3) is 0 Å². The van der Waals surface area contributed by atoms with Crippen molar-refractivity contribution in [3.63, 3.8) is 0 Å². The van der Waals surface area contributed by atoms with Crippen molar-refractivity contribution in [3.8, 4) is 0 Å². The first-order chi connectivity index (χ1) is 10.3. The predicted molar refractivity (Wildman–Crippen MR) is 87.7 cm³/mol. The number of amides is 1. The molecule has 1 amide bonds. The lowest BCUT2D eigenvalue weighted by atomic mass is 10.2. The first kappa shape index (κ1) is 18.5. The van der Waals surface area contributed by atoms with Crippen LogP contribution in [-0.2, 0) is 17.8 Å². The maximum atomic E-state index is 11.6. The van der Waals surface area contributed by atoms with E-state index in [9.17, 15) is 4.79 Å². The molecule has 1 rings (SSSR count). The Morgan fingerprint density at radius 2 is 2.18 bits per heavy atom. The summed E-state index contributed by atoms with van der Waals surface area (Å²) in [6.07, 6.45) is 5.42. The maximum absolute atomic E-state index is 11.6. The third kappa shape index (κ3) is 7.45. The lowest BCUT2D eigenvalue weighted by Gasteiger charge is -2.22. The topological polar surface area (TPSA) is 68.2 Å². The number of alkyl carbamates (subject to hydrolysis) is 1. The minimum atomic E-state index is -0.460. The van der Waals surface area contributed by atoms with Gasteiger partial charge in [0.1, 0.15) is 11.4 Å². The van der Waals surface area contributed by atoms with Crippen LogP contribution in [0.25, 0.3) is 0 Å². The quantitative estimate of drug-likeness (QED) is 0.724. The van der Waals surface area contributed by atoms with Crippen molar-refractivity contribution in [2.75, 3.05) is 6.54 Å². The van der Waals surface area contributed by atoms with E-state index in [2.05, 4.69) is 27.1 Å². The molecule has 22 heavy (non-hydrogen) atoms. The number of hydrogen-bond donors (Lipinski definition) is 2. The maximum Gasteiger partial charge on any atom is 0.407 e. The van der Waals surface area contributed by atoms with Gasteiger partial charge in [-0.1, -0.05) is 6.92 Å². The van der Waals surface area contributed by atoms with Gasteiger partial charge in [-0.3, -0.25) is 0 Å². The summed E-state index contributed by atoms with van der Waals surface area (Å²) in [7, 11) is 0. The van der Waals surface area contributed by atoms with Gasteiger partial charge < -0.3 is 19.9 Å². The Morgan fingerprint density at radius 3 is 2.82 bits per heavy atom. The molecule has 6 nitrogen and oxygen atoms in total. The van der Waals surface area contributed by atoms with Crippen molar-refractivity contribution in [1.29, 1.82) is 0 Å². The summed E-state index contributed by atoms with van der Waals surface area (Å²) in [6.45, 7) is 12.3. The Balaban J connectivity index is 2.21. The molecular weight excluding hydrogens is 280 g/mol. The molecule has 0 saturated heterocycles. The fourth-order valence-corrected chi connectivity index (χ4v) is 2.05. The van der Waals surface area contributed by atoms with Crippen LogP contribution in [0.5, 0.6) is 0 Å². The number of imidazole rings is 1. The van der Waals surface area contributed by atoms with Crippen LogP contribution in [0.15, 0.2) is 12.4 Å². The molecule has 1 unspecified atom stereocenters. The van der Waals surface area contributed by atoms with Gasteiger partial charge in [0, 0.05) is 25.0 Å². The molecule has 0 aliphatic heterocycles. The molecule has 0 saturated carbocycles. The number of nitrogens with one attached hydrogen (secondary N) is 2. The SMILES string of the molecule is CCCn1ccnc1CNCCC(C)NC(=O)OC(C)(C)C. The van der Waals surface area contributed by atoms with Crippen LogP contribution in [0.2, 0.25) is 0 Å². The highest BCUT2D eigenvalue weighted by atomic mass is 16.6. The van der Waals surface area contributed by atoms with Gasteiger partial charge >= 0.3 is 6.09 Å². The van der Waals surface area contributed by atoms with Crippen LogP contribution in [0.3, 0.4) is 0 Å². The molecule has 1 atom stereocenters. The van der Waals surface area contributed by atoms with Crippen molar-refractivity contribution >= 4 is 6.09 Å². The van der Waals surface area contributed by atoms with Gasteiger partial charge in [0.15, 0.2) is 0 Å². The molecule has 0 aromatic carbocycles. The van der Waals surface area contributed by atoms with Crippen LogP contribution in [0.1, 0.15) is 53.3 Å². The van der Waals surface area contributed by atoms with Crippen molar-refractivity contribution in [3.05, 3.63) is 18.2 Å². The van der Waals surface area contributed by atoms with Gasteiger partial charge in [-0.05, 0) is 47.1 Å². The summed E-state index contributed by atoms with van der Waals surface area (Å²) in [5, 5.41) is 6.20. The molecule has 1 aromatic heterocycles. The molecule has 2 N–H and O–H groups in total. The fraction of sp³-hybridized carbons (Fsp3) is 0.750. The molecule has 1 heterocycles. The predicted octanol–water partition coefficient (Wildman–Crippen LogP) is 2.69. The van der Waals surface area contributed by atoms with E-state index in [0.29, 0.717) is 0 Å². The van der Waals surface area contributed by atoms with E-state index >= 15 is 0 Å². The largest absolute Gasteiger partial charge is 0.444 e. The Morgan fingerprint density at radius 1 is 1.45 bits per heavy atom. The summed E-state index contributed by atoms with van der Waals surface area (Å²) in [5.74, 6) is 1.05. The van der Waals surface area contributed by atoms with E-state index in [1.807, 2.05) is 40.1 Å². The van der Waals surface area contributed by atoms with Gasteiger partial charge in [0.2, 0.25) is 0 Å². The average molecular weight is 310 g/mol. The zero-order valence-corrected chi connectivity index (χ0v) is 14.5. The van der Waals surface area contributed by atoms with Crippen LogP contribution in [0, 0.1) is 0 Å². The lowest BCUT2D eigenvalue weighted by Crippen LogP contribution is -2.39. The van der Waals surface area contributed by atoms with E-state index in [1.165, 1.54) is 0 Å².